The first-order valence-corrected chi connectivity index (χ1v) is 6.69. The second-order valence-corrected chi connectivity index (χ2v) is 4.47. The molecule has 2 atom stereocenters. The minimum atomic E-state index is -0.377. The summed E-state index contributed by atoms with van der Waals surface area (Å²) in [5, 5.41) is 12.9. The van der Waals surface area contributed by atoms with Crippen LogP contribution in [0.25, 0.3) is 0 Å². The molecular weight excluding hydrogens is 202 g/mol. The number of hydrogen-bond acceptors (Lipinski definition) is 3. The molecule has 3 heteroatoms. The zero-order chi connectivity index (χ0) is 12.2. The first-order chi connectivity index (χ1) is 7.70. The maximum absolute atomic E-state index is 9.55. The Kier molecular flexibility index (Phi) is 11.3. The zero-order valence-corrected chi connectivity index (χ0v) is 11.2. The van der Waals surface area contributed by atoms with Crippen LogP contribution in [0.5, 0.6) is 0 Å². The van der Waals surface area contributed by atoms with Crippen LogP contribution in [0.3, 0.4) is 0 Å². The molecule has 98 valence electrons. The van der Waals surface area contributed by atoms with Crippen molar-refractivity contribution in [2.75, 3.05) is 19.8 Å². The molecule has 0 fully saturated rings. The van der Waals surface area contributed by atoms with Gasteiger partial charge in [0.05, 0.1) is 12.7 Å². The van der Waals surface area contributed by atoms with Crippen LogP contribution in [-0.4, -0.2) is 37.0 Å². The van der Waals surface area contributed by atoms with Gasteiger partial charge in [-0.2, -0.15) is 0 Å². The lowest BCUT2D eigenvalue weighted by Gasteiger charge is -2.17. The fraction of sp³-hybridized carbons (Fsp3) is 1.00. The van der Waals surface area contributed by atoms with Crippen molar-refractivity contribution < 1.29 is 9.84 Å². The van der Waals surface area contributed by atoms with E-state index in [2.05, 4.69) is 19.2 Å². The van der Waals surface area contributed by atoms with Crippen molar-refractivity contribution in [2.24, 2.45) is 0 Å². The average Bonchev–Trinajstić information content (AvgIpc) is 2.29. The molecule has 16 heavy (non-hydrogen) atoms. The Hall–Kier alpha value is -0.120. The normalized spacial score (nSPS) is 15.0. The SMILES string of the molecule is CCCCCCC(C)NCC(O)COCC. The smallest absolute Gasteiger partial charge is 0.0897 e. The summed E-state index contributed by atoms with van der Waals surface area (Å²) in [7, 11) is 0. The maximum Gasteiger partial charge on any atom is 0.0897 e. The second-order valence-electron chi connectivity index (χ2n) is 4.47. The maximum atomic E-state index is 9.55. The molecule has 0 bridgehead atoms. The van der Waals surface area contributed by atoms with E-state index in [4.69, 9.17) is 4.74 Å². The summed E-state index contributed by atoms with van der Waals surface area (Å²) in [6.45, 7) is 8.09. The first kappa shape index (κ1) is 15.9. The van der Waals surface area contributed by atoms with Crippen molar-refractivity contribution >= 4 is 0 Å². The number of unbranched alkanes of at least 4 members (excludes halogenated alkanes) is 3. The van der Waals surface area contributed by atoms with E-state index in [1.54, 1.807) is 0 Å². The molecule has 0 spiro atoms. The zero-order valence-electron chi connectivity index (χ0n) is 11.2. The predicted molar refractivity (Wildman–Crippen MR) is 68.7 cm³/mol. The van der Waals surface area contributed by atoms with E-state index in [0.717, 1.165) is 0 Å². The average molecular weight is 231 g/mol. The number of aliphatic hydroxyl groups is 1. The Morgan fingerprint density at radius 1 is 1.19 bits per heavy atom. The lowest BCUT2D eigenvalue weighted by Crippen LogP contribution is -2.35. The van der Waals surface area contributed by atoms with Gasteiger partial charge in [0, 0.05) is 19.2 Å². The summed E-state index contributed by atoms with van der Waals surface area (Å²) in [6.07, 6.45) is 6.04. The van der Waals surface area contributed by atoms with Gasteiger partial charge < -0.3 is 15.2 Å². The van der Waals surface area contributed by atoms with Crippen molar-refractivity contribution in [1.29, 1.82) is 0 Å². The third-order valence-corrected chi connectivity index (χ3v) is 2.71. The molecule has 0 heterocycles. The minimum absolute atomic E-state index is 0.377. The largest absolute Gasteiger partial charge is 0.389 e. The van der Waals surface area contributed by atoms with Crippen LogP contribution in [0.2, 0.25) is 0 Å². The molecule has 0 saturated heterocycles. The van der Waals surface area contributed by atoms with Gasteiger partial charge in [-0.1, -0.05) is 32.6 Å². The minimum Gasteiger partial charge on any atom is -0.389 e. The quantitative estimate of drug-likeness (QED) is 0.536. The van der Waals surface area contributed by atoms with E-state index in [0.29, 0.717) is 25.8 Å². The molecule has 0 radical (unpaired) electrons. The second kappa shape index (κ2) is 11.4. The van der Waals surface area contributed by atoms with E-state index < -0.39 is 0 Å². The van der Waals surface area contributed by atoms with Gasteiger partial charge in [-0.25, -0.2) is 0 Å². The molecule has 0 rings (SSSR count). The van der Waals surface area contributed by atoms with Gasteiger partial charge in [-0.15, -0.1) is 0 Å². The van der Waals surface area contributed by atoms with Gasteiger partial charge in [-0.05, 0) is 20.3 Å². The number of rotatable bonds is 11. The Balaban J connectivity index is 3.31. The van der Waals surface area contributed by atoms with E-state index in [9.17, 15) is 5.11 Å². The molecular formula is C13H29NO2. The van der Waals surface area contributed by atoms with E-state index in [-0.39, 0.29) is 6.10 Å². The third-order valence-electron chi connectivity index (χ3n) is 2.71. The van der Waals surface area contributed by atoms with Gasteiger partial charge in [-0.3, -0.25) is 0 Å². The summed E-state index contributed by atoms with van der Waals surface area (Å²) in [6, 6.07) is 0.494. The standard InChI is InChI=1S/C13H29NO2/c1-4-6-7-8-9-12(3)14-10-13(15)11-16-5-2/h12-15H,4-11H2,1-3H3. The topological polar surface area (TPSA) is 41.5 Å². The van der Waals surface area contributed by atoms with Crippen LogP contribution in [0.4, 0.5) is 0 Å². The molecule has 0 aliphatic carbocycles. The third kappa shape index (κ3) is 10.4. The van der Waals surface area contributed by atoms with Crippen molar-refractivity contribution in [3.63, 3.8) is 0 Å². The lowest BCUT2D eigenvalue weighted by molar-refractivity contribution is 0.0415. The fourth-order valence-corrected chi connectivity index (χ4v) is 1.63. The Labute approximate surface area is 101 Å². The lowest BCUT2D eigenvalue weighted by atomic mass is 10.1. The van der Waals surface area contributed by atoms with Crippen molar-refractivity contribution in [3.05, 3.63) is 0 Å². The summed E-state index contributed by atoms with van der Waals surface area (Å²) in [5.74, 6) is 0. The van der Waals surface area contributed by atoms with Crippen LogP contribution >= 0.6 is 0 Å². The van der Waals surface area contributed by atoms with E-state index in [1.807, 2.05) is 6.92 Å². The van der Waals surface area contributed by atoms with Crippen LogP contribution in [-0.2, 0) is 4.74 Å². The number of aliphatic hydroxyl groups excluding tert-OH is 1. The molecule has 0 aromatic rings. The predicted octanol–water partition coefficient (Wildman–Crippen LogP) is 2.33. The molecule has 2 unspecified atom stereocenters. The molecule has 0 aromatic carbocycles. The molecule has 0 aliphatic rings. The highest BCUT2D eigenvalue weighted by Crippen LogP contribution is 2.05. The van der Waals surface area contributed by atoms with Crippen molar-refractivity contribution in [3.8, 4) is 0 Å². The Morgan fingerprint density at radius 3 is 2.56 bits per heavy atom. The molecule has 2 N–H and O–H groups in total. The van der Waals surface area contributed by atoms with Crippen molar-refractivity contribution in [2.45, 2.75) is 65.0 Å². The first-order valence-electron chi connectivity index (χ1n) is 6.69. The fourth-order valence-electron chi connectivity index (χ4n) is 1.63. The molecule has 0 amide bonds. The Bertz CT molecular complexity index is 142. The van der Waals surface area contributed by atoms with E-state index >= 15 is 0 Å². The van der Waals surface area contributed by atoms with Gasteiger partial charge in [0.2, 0.25) is 0 Å². The summed E-state index contributed by atoms with van der Waals surface area (Å²) < 4.78 is 5.15. The van der Waals surface area contributed by atoms with Crippen LogP contribution in [0.15, 0.2) is 0 Å². The summed E-state index contributed by atoms with van der Waals surface area (Å²) >= 11 is 0. The van der Waals surface area contributed by atoms with Gasteiger partial charge in [0.15, 0.2) is 0 Å². The van der Waals surface area contributed by atoms with Gasteiger partial charge in [0.1, 0.15) is 0 Å². The monoisotopic (exact) mass is 231 g/mol. The Morgan fingerprint density at radius 2 is 1.94 bits per heavy atom. The number of ether oxygens (including phenoxy) is 1. The summed E-state index contributed by atoms with van der Waals surface area (Å²) in [5.41, 5.74) is 0. The van der Waals surface area contributed by atoms with Crippen LogP contribution < -0.4 is 5.32 Å². The number of hydrogen-bond donors (Lipinski definition) is 2. The van der Waals surface area contributed by atoms with Crippen LogP contribution in [0, 0.1) is 0 Å². The van der Waals surface area contributed by atoms with Gasteiger partial charge >= 0.3 is 0 Å². The summed E-state index contributed by atoms with van der Waals surface area (Å²) in [4.78, 5) is 0. The van der Waals surface area contributed by atoms with Crippen LogP contribution in [0.1, 0.15) is 52.9 Å². The van der Waals surface area contributed by atoms with Crippen molar-refractivity contribution in [1.82, 2.24) is 5.32 Å². The molecule has 0 aromatic heterocycles. The van der Waals surface area contributed by atoms with E-state index in [1.165, 1.54) is 32.1 Å². The van der Waals surface area contributed by atoms with Gasteiger partial charge in [0.25, 0.3) is 0 Å². The number of nitrogens with one attached hydrogen (secondary N) is 1. The highest BCUT2D eigenvalue weighted by atomic mass is 16.5. The molecule has 0 aliphatic heterocycles. The molecule has 0 saturated carbocycles. The molecule has 3 nitrogen and oxygen atoms in total. The highest BCUT2D eigenvalue weighted by Gasteiger charge is 2.06. The highest BCUT2D eigenvalue weighted by molar-refractivity contribution is 4.65.